The van der Waals surface area contributed by atoms with Crippen LogP contribution in [0.1, 0.15) is 18.3 Å². The molecule has 5 heterocycles. The van der Waals surface area contributed by atoms with Gasteiger partial charge in [0.2, 0.25) is 0 Å². The van der Waals surface area contributed by atoms with Crippen LogP contribution in [0, 0.1) is 5.82 Å². The molecule has 1 N–H and O–H groups in total. The van der Waals surface area contributed by atoms with Crippen LogP contribution in [-0.4, -0.2) is 49.9 Å². The average Bonchev–Trinajstić information content (AvgIpc) is 3.76. The number of halogens is 5. The third-order valence-corrected chi connectivity index (χ3v) is 6.54. The second-order valence-electron chi connectivity index (χ2n) is 8.54. The molecule has 1 atom stereocenters. The van der Waals surface area contributed by atoms with Crippen molar-refractivity contribution in [3.05, 3.63) is 95.4 Å². The fraction of sp³-hybridized carbons (Fsp3) is 0.125. The number of alkyl halides is 2. The van der Waals surface area contributed by atoms with E-state index in [1.54, 1.807) is 52.2 Å². The van der Waals surface area contributed by atoms with Gasteiger partial charge in [-0.1, -0.05) is 22.9 Å². The summed E-state index contributed by atoms with van der Waals surface area (Å²) in [6.45, 7) is -2.50. The molecular formula is C24H17Cl2F3N11+. The largest absolute Gasteiger partial charge is 0.348 e. The predicted molar refractivity (Wildman–Crippen MR) is 136 cm³/mol. The maximum absolute atomic E-state index is 15.3. The van der Waals surface area contributed by atoms with Crippen LogP contribution in [0.2, 0.25) is 10.2 Å². The van der Waals surface area contributed by atoms with Gasteiger partial charge in [-0.2, -0.15) is 24.1 Å². The molecule has 202 valence electrons. The van der Waals surface area contributed by atoms with E-state index in [2.05, 4.69) is 35.7 Å². The van der Waals surface area contributed by atoms with E-state index in [0.717, 1.165) is 0 Å². The number of pyridine rings is 1. The number of aromatic nitrogens is 11. The average molecular weight is 587 g/mol. The Morgan fingerprint density at radius 2 is 1.88 bits per heavy atom. The summed E-state index contributed by atoms with van der Waals surface area (Å²) in [7, 11) is 0. The van der Waals surface area contributed by atoms with Crippen molar-refractivity contribution in [3.63, 3.8) is 0 Å². The van der Waals surface area contributed by atoms with Gasteiger partial charge in [-0.3, -0.25) is 14.3 Å². The highest BCUT2D eigenvalue weighted by Gasteiger charge is 2.23. The van der Waals surface area contributed by atoms with E-state index in [9.17, 15) is 8.78 Å². The molecule has 0 saturated heterocycles. The smallest absolute Gasteiger partial charge is 0.270 e. The highest BCUT2D eigenvalue weighted by molar-refractivity contribution is 6.31. The number of benzene rings is 1. The lowest BCUT2D eigenvalue weighted by Gasteiger charge is -2.18. The topological polar surface area (TPSA) is 112 Å². The van der Waals surface area contributed by atoms with Gasteiger partial charge in [-0.15, -0.1) is 14.6 Å². The highest BCUT2D eigenvalue weighted by Crippen LogP contribution is 2.32. The lowest BCUT2D eigenvalue weighted by atomic mass is 10.0. The second kappa shape index (κ2) is 10.5. The maximum atomic E-state index is 15.3. The van der Waals surface area contributed by atoms with E-state index >= 15 is 4.39 Å². The van der Waals surface area contributed by atoms with Crippen molar-refractivity contribution in [1.29, 1.82) is 0 Å². The highest BCUT2D eigenvalue weighted by atomic mass is 35.5. The Morgan fingerprint density at radius 1 is 1.00 bits per heavy atom. The first-order valence-electron chi connectivity index (χ1n) is 11.7. The van der Waals surface area contributed by atoms with Gasteiger partial charge in [-0.05, 0) is 35.9 Å². The third-order valence-electron chi connectivity index (χ3n) is 6.07. The molecule has 0 aliphatic rings. The van der Waals surface area contributed by atoms with Gasteiger partial charge in [0, 0.05) is 35.9 Å². The number of hydrogen-bond acceptors (Lipinski definition) is 6. The summed E-state index contributed by atoms with van der Waals surface area (Å²) in [6, 6.07) is 7.86. The molecule has 0 aliphatic carbocycles. The molecule has 0 radical (unpaired) electrons. The van der Waals surface area contributed by atoms with Crippen molar-refractivity contribution >= 4 is 23.2 Å². The van der Waals surface area contributed by atoms with E-state index < -0.39 is 18.4 Å². The van der Waals surface area contributed by atoms with E-state index in [4.69, 9.17) is 23.2 Å². The van der Waals surface area contributed by atoms with E-state index in [0.29, 0.717) is 33.8 Å². The first-order chi connectivity index (χ1) is 19.4. The first-order valence-corrected chi connectivity index (χ1v) is 12.4. The van der Waals surface area contributed by atoms with Crippen LogP contribution < -0.4 is 4.68 Å². The lowest BCUT2D eigenvalue weighted by Crippen LogP contribution is -2.33. The van der Waals surface area contributed by atoms with Gasteiger partial charge < -0.3 is 0 Å². The monoisotopic (exact) mass is 586 g/mol. The van der Waals surface area contributed by atoms with E-state index in [1.165, 1.54) is 35.5 Å². The Morgan fingerprint density at radius 3 is 2.55 bits per heavy atom. The Bertz CT molecular complexity index is 1760. The standard InChI is InChI=1S/C24H16Cl2F3N11/c25-16-3-5-19(39-13-21(26)34-36-39)22(23(16)27)14-2-4-17(30-8-14)20(12-37-7-1-6-31-37)38-11-15(9-32-38)18-10-33-40(35-18)24(28)29/h1-11,13,20,24H,12H2/p+1/t20-/m0/s1. The zero-order valence-corrected chi connectivity index (χ0v) is 21.7. The minimum atomic E-state index is -2.85. The van der Waals surface area contributed by atoms with Gasteiger partial charge in [-0.25, -0.2) is 4.39 Å². The summed E-state index contributed by atoms with van der Waals surface area (Å²) in [6.07, 6.45) is 10.9. The molecule has 0 saturated carbocycles. The molecule has 40 heavy (non-hydrogen) atoms. The van der Waals surface area contributed by atoms with Crippen LogP contribution in [-0.2, 0) is 6.54 Å². The van der Waals surface area contributed by atoms with Gasteiger partial charge in [0.1, 0.15) is 11.7 Å². The SMILES string of the molecule is Fc1c(Cl)ccc(-[n+]2cc(Cl)n[nH]2)c1-c1ccc([C@H](Cn2cccn2)n2cc(-c3cnn(C(F)F)n3)cn2)nc1. The minimum Gasteiger partial charge on any atom is -0.270 e. The van der Waals surface area contributed by atoms with Gasteiger partial charge in [0.25, 0.3) is 0 Å². The van der Waals surface area contributed by atoms with Crippen molar-refractivity contribution in [3.8, 4) is 28.1 Å². The summed E-state index contributed by atoms with van der Waals surface area (Å²) in [5, 5.41) is 22.8. The summed E-state index contributed by atoms with van der Waals surface area (Å²) in [5.74, 6) is -0.631. The lowest BCUT2D eigenvalue weighted by molar-refractivity contribution is -0.659. The van der Waals surface area contributed by atoms with Crippen LogP contribution in [0.4, 0.5) is 13.2 Å². The Kier molecular flexibility index (Phi) is 6.77. The molecule has 6 rings (SSSR count). The third kappa shape index (κ3) is 4.94. The number of hydrogen-bond donors (Lipinski definition) is 1. The summed E-state index contributed by atoms with van der Waals surface area (Å²) < 4.78 is 46.0. The number of nitrogens with zero attached hydrogens (tertiary/aromatic N) is 10. The second-order valence-corrected chi connectivity index (χ2v) is 9.34. The quantitative estimate of drug-likeness (QED) is 0.262. The maximum Gasteiger partial charge on any atom is 0.348 e. The minimum absolute atomic E-state index is 0.0570. The normalized spacial score (nSPS) is 12.3. The molecular weight excluding hydrogens is 570 g/mol. The molecule has 16 heteroatoms. The van der Waals surface area contributed by atoms with Crippen molar-refractivity contribution < 1.29 is 17.9 Å². The molecule has 0 unspecified atom stereocenters. The number of nitrogens with one attached hydrogen (secondary N) is 1. The Labute approximate surface area is 233 Å². The molecule has 0 spiro atoms. The molecule has 6 aromatic rings. The number of H-pyrrole nitrogens is 1. The molecule has 0 amide bonds. The van der Waals surface area contributed by atoms with Crippen LogP contribution >= 0.6 is 23.2 Å². The van der Waals surface area contributed by atoms with Crippen LogP contribution in [0.25, 0.3) is 28.1 Å². The fourth-order valence-electron chi connectivity index (χ4n) is 4.20. The van der Waals surface area contributed by atoms with Crippen molar-refractivity contribution in [1.82, 2.24) is 49.9 Å². The molecule has 0 bridgehead atoms. The zero-order chi connectivity index (χ0) is 27.8. The molecule has 1 aromatic carbocycles. The Balaban J connectivity index is 1.37. The van der Waals surface area contributed by atoms with E-state index in [-0.39, 0.29) is 21.4 Å². The van der Waals surface area contributed by atoms with Crippen molar-refractivity contribution in [2.45, 2.75) is 19.1 Å². The van der Waals surface area contributed by atoms with Crippen LogP contribution in [0.15, 0.2) is 73.7 Å². The number of aromatic amines is 1. The van der Waals surface area contributed by atoms with Gasteiger partial charge >= 0.3 is 11.7 Å². The summed E-state index contributed by atoms with van der Waals surface area (Å²) >= 11 is 12.1. The van der Waals surface area contributed by atoms with Crippen LogP contribution in [0.5, 0.6) is 0 Å². The van der Waals surface area contributed by atoms with Crippen molar-refractivity contribution in [2.24, 2.45) is 0 Å². The van der Waals surface area contributed by atoms with Gasteiger partial charge in [0.05, 0.1) is 40.3 Å². The van der Waals surface area contributed by atoms with E-state index in [1.807, 2.05) is 0 Å². The molecule has 0 fully saturated rings. The summed E-state index contributed by atoms with van der Waals surface area (Å²) in [4.78, 5) is 4.95. The first kappa shape index (κ1) is 25.7. The zero-order valence-electron chi connectivity index (χ0n) is 20.2. The van der Waals surface area contributed by atoms with Crippen molar-refractivity contribution in [2.75, 3.05) is 0 Å². The van der Waals surface area contributed by atoms with Crippen LogP contribution in [0.3, 0.4) is 0 Å². The molecule has 0 aliphatic heterocycles. The Hall–Kier alpha value is -4.56. The van der Waals surface area contributed by atoms with Gasteiger partial charge in [0.15, 0.2) is 17.7 Å². The predicted octanol–water partition coefficient (Wildman–Crippen LogP) is 4.53. The number of rotatable bonds is 8. The summed E-state index contributed by atoms with van der Waals surface area (Å²) in [5.41, 5.74) is 2.41. The molecule has 11 nitrogen and oxygen atoms in total. The fourth-order valence-corrected chi connectivity index (χ4v) is 4.49. The molecule has 5 aromatic heterocycles.